The van der Waals surface area contributed by atoms with Crippen molar-refractivity contribution >= 4 is 18.1 Å². The molecule has 1 aromatic rings. The Morgan fingerprint density at radius 1 is 1.27 bits per heavy atom. The average molecular weight is 233 g/mol. The fraction of sp³-hybridized carbons (Fsp3) is 0.400. The molecule has 15 heavy (non-hydrogen) atoms. The van der Waals surface area contributed by atoms with Crippen LogP contribution in [0.5, 0.6) is 0 Å². The molecule has 1 aromatic carbocycles. The molecular weight excluding hydrogens is 219 g/mol. The van der Waals surface area contributed by atoms with Gasteiger partial charge in [0.05, 0.1) is 13.1 Å². The second-order valence-corrected chi connectivity index (χ2v) is 3.57. The van der Waals surface area contributed by atoms with Crippen LogP contribution < -0.4 is 9.96 Å². The van der Waals surface area contributed by atoms with E-state index in [1.165, 1.54) is 12.1 Å². The van der Waals surface area contributed by atoms with Gasteiger partial charge in [-0.2, -0.15) is 0 Å². The highest BCUT2D eigenvalue weighted by Gasteiger charge is 2.23. The number of hydrogen-bond donors (Lipinski definition) is 1. The Morgan fingerprint density at radius 3 is 2.53 bits per heavy atom. The van der Waals surface area contributed by atoms with E-state index in [1.807, 2.05) is 0 Å². The number of nitrogens with one attached hydrogen (secondary N) is 1. The lowest BCUT2D eigenvalue weighted by molar-refractivity contribution is 0.320. The summed E-state index contributed by atoms with van der Waals surface area (Å²) in [5, 5.41) is 15.3. The molecule has 1 heterocycles. The smallest absolute Gasteiger partial charge is 0.135 e. The zero-order valence-corrected chi connectivity index (χ0v) is 9.10. The normalized spacial score (nSPS) is 19.3. The average Bonchev–Trinajstić information content (AvgIpc) is 2.19. The molecule has 84 valence electrons. The van der Waals surface area contributed by atoms with Crippen LogP contribution in [0.15, 0.2) is 24.3 Å². The SMILES string of the molecule is Cl.[O-][N+]1(c2cccc(F)c2)CCNCC1. The molecule has 3 nitrogen and oxygen atoms in total. The molecule has 2 rings (SSSR count). The highest BCUT2D eigenvalue weighted by molar-refractivity contribution is 5.85. The number of rotatable bonds is 1. The van der Waals surface area contributed by atoms with Crippen molar-refractivity contribution in [1.82, 2.24) is 9.96 Å². The van der Waals surface area contributed by atoms with E-state index in [1.54, 1.807) is 12.1 Å². The standard InChI is InChI=1S/C10H13FN2O.ClH/c11-9-2-1-3-10(8-9)13(14)6-4-12-5-7-13;/h1-3,8,12H,4-7H2;1H. The number of benzene rings is 1. The molecular formula is C10H14ClFN2O. The van der Waals surface area contributed by atoms with Crippen LogP contribution in [0.1, 0.15) is 0 Å². The molecule has 0 atom stereocenters. The molecule has 1 N–H and O–H groups in total. The van der Waals surface area contributed by atoms with Crippen LogP contribution in [0, 0.1) is 11.0 Å². The van der Waals surface area contributed by atoms with Gasteiger partial charge in [-0.1, -0.05) is 6.07 Å². The van der Waals surface area contributed by atoms with Crippen molar-refractivity contribution in [2.24, 2.45) is 0 Å². The Bertz CT molecular complexity index is 329. The molecule has 0 unspecified atom stereocenters. The number of quaternary nitrogens is 1. The van der Waals surface area contributed by atoms with Crippen LogP contribution in [-0.2, 0) is 0 Å². The second-order valence-electron chi connectivity index (χ2n) is 3.57. The number of hydroxylamine groups is 2. The molecule has 0 saturated carbocycles. The van der Waals surface area contributed by atoms with Gasteiger partial charge in [0.1, 0.15) is 11.5 Å². The molecule has 0 spiro atoms. The lowest BCUT2D eigenvalue weighted by Crippen LogP contribution is -2.55. The third kappa shape index (κ3) is 2.66. The van der Waals surface area contributed by atoms with Gasteiger partial charge in [0, 0.05) is 19.2 Å². The van der Waals surface area contributed by atoms with Crippen molar-refractivity contribution in [3.05, 3.63) is 35.3 Å². The largest absolute Gasteiger partial charge is 0.627 e. The first kappa shape index (κ1) is 12.4. The van der Waals surface area contributed by atoms with Gasteiger partial charge in [0.2, 0.25) is 0 Å². The van der Waals surface area contributed by atoms with Crippen molar-refractivity contribution in [3.63, 3.8) is 0 Å². The fourth-order valence-corrected chi connectivity index (χ4v) is 1.74. The maximum atomic E-state index is 12.9. The Kier molecular flexibility index (Phi) is 4.04. The minimum atomic E-state index is -0.412. The molecule has 1 aliphatic heterocycles. The van der Waals surface area contributed by atoms with Crippen molar-refractivity contribution < 1.29 is 4.39 Å². The quantitative estimate of drug-likeness (QED) is 0.590. The Balaban J connectivity index is 0.00000112. The molecule has 0 bridgehead atoms. The molecule has 5 heteroatoms. The fourth-order valence-electron chi connectivity index (χ4n) is 1.74. The van der Waals surface area contributed by atoms with E-state index in [-0.39, 0.29) is 18.2 Å². The molecule has 0 aliphatic carbocycles. The number of hydrogen-bond acceptors (Lipinski definition) is 2. The number of halogens is 2. The third-order valence-electron chi connectivity index (χ3n) is 2.58. The summed E-state index contributed by atoms with van der Waals surface area (Å²) in [5.74, 6) is -0.339. The maximum Gasteiger partial charge on any atom is 0.135 e. The van der Waals surface area contributed by atoms with Gasteiger partial charge in [-0.25, -0.2) is 4.39 Å². The number of piperazine rings is 1. The predicted octanol–water partition coefficient (Wildman–Crippen LogP) is 1.66. The molecule has 0 amide bonds. The van der Waals surface area contributed by atoms with Gasteiger partial charge < -0.3 is 15.2 Å². The summed E-state index contributed by atoms with van der Waals surface area (Å²) in [4.78, 5) is 0. The van der Waals surface area contributed by atoms with Crippen molar-refractivity contribution in [3.8, 4) is 0 Å². The summed E-state index contributed by atoms with van der Waals surface area (Å²) in [6.07, 6.45) is 0. The van der Waals surface area contributed by atoms with Crippen LogP contribution in [-0.4, -0.2) is 26.2 Å². The van der Waals surface area contributed by atoms with Crippen LogP contribution in [0.2, 0.25) is 0 Å². The summed E-state index contributed by atoms with van der Waals surface area (Å²) >= 11 is 0. The van der Waals surface area contributed by atoms with Crippen molar-refractivity contribution in [2.45, 2.75) is 0 Å². The van der Waals surface area contributed by atoms with Gasteiger partial charge in [-0.15, -0.1) is 12.4 Å². The van der Waals surface area contributed by atoms with Crippen LogP contribution in [0.4, 0.5) is 10.1 Å². The molecule has 1 fully saturated rings. The highest BCUT2D eigenvalue weighted by Crippen LogP contribution is 2.23. The van der Waals surface area contributed by atoms with Gasteiger partial charge in [0.25, 0.3) is 0 Å². The highest BCUT2D eigenvalue weighted by atomic mass is 35.5. The van der Waals surface area contributed by atoms with Crippen LogP contribution >= 0.6 is 12.4 Å². The topological polar surface area (TPSA) is 35.1 Å². The van der Waals surface area contributed by atoms with Crippen LogP contribution in [0.3, 0.4) is 0 Å². The summed E-state index contributed by atoms with van der Waals surface area (Å²) in [7, 11) is 0. The first-order chi connectivity index (χ1) is 6.71. The molecule has 0 radical (unpaired) electrons. The molecule has 1 aliphatic rings. The Labute approximate surface area is 94.5 Å². The first-order valence-electron chi connectivity index (χ1n) is 4.76. The second kappa shape index (κ2) is 4.90. The monoisotopic (exact) mass is 232 g/mol. The summed E-state index contributed by atoms with van der Waals surface area (Å²) < 4.78 is 12.5. The number of nitrogens with zero attached hydrogens (tertiary/aromatic N) is 1. The maximum absolute atomic E-state index is 12.9. The van der Waals surface area contributed by atoms with Crippen LogP contribution in [0.25, 0.3) is 0 Å². The van der Waals surface area contributed by atoms with Gasteiger partial charge in [-0.3, -0.25) is 0 Å². The Hall–Kier alpha value is -0.680. The lowest BCUT2D eigenvalue weighted by atomic mass is 10.2. The summed E-state index contributed by atoms with van der Waals surface area (Å²) in [6, 6.07) is 5.97. The molecule has 0 aromatic heterocycles. The van der Waals surface area contributed by atoms with E-state index in [4.69, 9.17) is 0 Å². The lowest BCUT2D eigenvalue weighted by Gasteiger charge is -2.44. The van der Waals surface area contributed by atoms with E-state index in [2.05, 4.69) is 5.32 Å². The summed E-state index contributed by atoms with van der Waals surface area (Å²) in [6.45, 7) is 2.34. The van der Waals surface area contributed by atoms with Gasteiger partial charge in [0.15, 0.2) is 0 Å². The van der Waals surface area contributed by atoms with E-state index in [9.17, 15) is 9.60 Å². The van der Waals surface area contributed by atoms with Gasteiger partial charge >= 0.3 is 0 Å². The van der Waals surface area contributed by atoms with E-state index in [0.29, 0.717) is 31.9 Å². The minimum Gasteiger partial charge on any atom is -0.627 e. The van der Waals surface area contributed by atoms with Crippen molar-refractivity contribution in [1.29, 1.82) is 0 Å². The third-order valence-corrected chi connectivity index (χ3v) is 2.58. The zero-order chi connectivity index (χ0) is 10.0. The van der Waals surface area contributed by atoms with E-state index >= 15 is 0 Å². The minimum absolute atomic E-state index is 0. The zero-order valence-electron chi connectivity index (χ0n) is 8.28. The van der Waals surface area contributed by atoms with Gasteiger partial charge in [-0.05, 0) is 12.1 Å². The Morgan fingerprint density at radius 2 is 1.93 bits per heavy atom. The van der Waals surface area contributed by atoms with Crippen molar-refractivity contribution in [2.75, 3.05) is 26.2 Å². The predicted molar refractivity (Wildman–Crippen MR) is 61.4 cm³/mol. The van der Waals surface area contributed by atoms with E-state index in [0.717, 1.165) is 0 Å². The first-order valence-corrected chi connectivity index (χ1v) is 4.76. The van der Waals surface area contributed by atoms with E-state index < -0.39 is 4.65 Å². The molecule has 1 saturated heterocycles. The summed E-state index contributed by atoms with van der Waals surface area (Å²) in [5.41, 5.74) is 0.520.